The molecule has 0 aliphatic heterocycles. The number of para-hydroxylation sites is 1. The van der Waals surface area contributed by atoms with E-state index in [4.69, 9.17) is 0 Å². The van der Waals surface area contributed by atoms with Gasteiger partial charge in [0, 0.05) is 17.1 Å². The summed E-state index contributed by atoms with van der Waals surface area (Å²) in [6, 6.07) is 17.3. The molecule has 0 unspecified atom stereocenters. The van der Waals surface area contributed by atoms with Crippen molar-refractivity contribution >= 4 is 16.8 Å². The van der Waals surface area contributed by atoms with Crippen LogP contribution in [0.1, 0.15) is 15.9 Å². The largest absolute Gasteiger partial charge is 0.283 e. The van der Waals surface area contributed by atoms with E-state index in [2.05, 4.69) is 0 Å². The summed E-state index contributed by atoms with van der Waals surface area (Å²) in [5.41, 5.74) is 2.79. The predicted octanol–water partition coefficient (Wildman–Crippen LogP) is 3.64. The van der Waals surface area contributed by atoms with Crippen molar-refractivity contribution in [3.63, 3.8) is 0 Å². The summed E-state index contributed by atoms with van der Waals surface area (Å²) in [6.45, 7) is 2.02. The molecule has 3 rings (SSSR count). The smallest absolute Gasteiger partial charge is 0.262 e. The maximum absolute atomic E-state index is 12.4. The molecule has 0 amide bonds. The van der Waals surface area contributed by atoms with E-state index in [1.165, 1.54) is 0 Å². The Morgan fingerprint density at radius 1 is 0.944 bits per heavy atom. The van der Waals surface area contributed by atoms with Gasteiger partial charge in [-0.05, 0) is 30.7 Å². The summed E-state index contributed by atoms with van der Waals surface area (Å²) in [6.07, 6.45) is 1.90. The maximum atomic E-state index is 12.4. The topological polar surface area (TPSA) is 22.0 Å². The van der Waals surface area contributed by atoms with Crippen molar-refractivity contribution in [2.24, 2.45) is 0 Å². The van der Waals surface area contributed by atoms with Crippen LogP contribution in [0.4, 0.5) is 0 Å². The zero-order valence-electron chi connectivity index (χ0n) is 10.1. The Morgan fingerprint density at radius 3 is 2.39 bits per heavy atom. The number of nitrogens with zero attached hydrogens (tertiary/aromatic N) is 1. The highest BCUT2D eigenvalue weighted by Gasteiger charge is 2.12. The lowest BCUT2D eigenvalue weighted by Crippen LogP contribution is -2.10. The average Bonchev–Trinajstić information content (AvgIpc) is 2.77. The van der Waals surface area contributed by atoms with E-state index in [9.17, 15) is 4.79 Å². The fourth-order valence-corrected chi connectivity index (χ4v) is 2.24. The molecule has 0 fully saturated rings. The summed E-state index contributed by atoms with van der Waals surface area (Å²) in [5.74, 6) is 0.0138. The standard InChI is InChI=1S/C16H13NO/c1-12-11-17(15-10-6-5-9-14(12)15)16(18)13-7-3-2-4-8-13/h2-11H,1H3/i16-1. The van der Waals surface area contributed by atoms with Gasteiger partial charge in [-0.25, -0.2) is 0 Å². The predicted molar refractivity (Wildman–Crippen MR) is 72.8 cm³/mol. The Bertz CT molecular complexity index is 710. The first-order chi connectivity index (χ1) is 8.77. The quantitative estimate of drug-likeness (QED) is 0.630. The van der Waals surface area contributed by atoms with Crippen LogP contribution >= 0.6 is 0 Å². The van der Waals surface area contributed by atoms with Crippen molar-refractivity contribution in [2.45, 2.75) is 6.92 Å². The number of aryl methyl sites for hydroxylation is 1. The van der Waals surface area contributed by atoms with E-state index >= 15 is 0 Å². The molecule has 1 heterocycles. The minimum Gasteiger partial charge on any atom is -0.283 e. The molecule has 0 aliphatic rings. The van der Waals surface area contributed by atoms with Crippen molar-refractivity contribution in [2.75, 3.05) is 0 Å². The van der Waals surface area contributed by atoms with Gasteiger partial charge >= 0.3 is 0 Å². The molecule has 3 aromatic rings. The number of hydrogen-bond acceptors (Lipinski definition) is 1. The van der Waals surface area contributed by atoms with Gasteiger partial charge in [-0.15, -0.1) is 0 Å². The Balaban J connectivity index is 2.19. The molecule has 2 nitrogen and oxygen atoms in total. The Labute approximate surface area is 105 Å². The molecule has 0 saturated carbocycles. The zero-order valence-corrected chi connectivity index (χ0v) is 10.1. The van der Waals surface area contributed by atoms with Gasteiger partial charge in [0.15, 0.2) is 0 Å². The number of carbonyl (C=O) groups excluding carboxylic acids is 1. The highest BCUT2D eigenvalue weighted by molar-refractivity contribution is 6.02. The van der Waals surface area contributed by atoms with Gasteiger partial charge < -0.3 is 0 Å². The molecule has 2 aromatic carbocycles. The van der Waals surface area contributed by atoms with Gasteiger partial charge in [0.1, 0.15) is 0 Å². The molecule has 0 aliphatic carbocycles. The first-order valence-corrected chi connectivity index (χ1v) is 5.94. The van der Waals surface area contributed by atoms with Crippen LogP contribution < -0.4 is 0 Å². The minimum atomic E-state index is 0.0138. The lowest BCUT2D eigenvalue weighted by Gasteiger charge is -2.03. The van der Waals surface area contributed by atoms with Gasteiger partial charge in [0.05, 0.1) is 5.52 Å². The van der Waals surface area contributed by atoms with Crippen LogP contribution in [0, 0.1) is 6.92 Å². The van der Waals surface area contributed by atoms with Crippen molar-refractivity contribution in [3.8, 4) is 0 Å². The Morgan fingerprint density at radius 2 is 1.61 bits per heavy atom. The molecule has 0 N–H and O–H groups in total. The Hall–Kier alpha value is -2.35. The lowest BCUT2D eigenvalue weighted by atomic mass is 9.88. The Kier molecular flexibility index (Phi) is 2.49. The zero-order chi connectivity index (χ0) is 12.5. The van der Waals surface area contributed by atoms with Crippen molar-refractivity contribution in [1.29, 1.82) is 0 Å². The molecular formula is C16H13NO. The van der Waals surface area contributed by atoms with Gasteiger partial charge in [0.25, 0.3) is 5.91 Å². The summed E-state index contributed by atoms with van der Waals surface area (Å²) < 4.78 is 1.72. The van der Waals surface area contributed by atoms with Crippen molar-refractivity contribution in [1.82, 2.24) is 4.57 Å². The van der Waals surface area contributed by atoms with Crippen LogP contribution in [0.2, 0.25) is 0 Å². The number of benzene rings is 2. The molecule has 18 heavy (non-hydrogen) atoms. The van der Waals surface area contributed by atoms with Crippen molar-refractivity contribution < 1.29 is 4.79 Å². The normalized spacial score (nSPS) is 10.7. The lowest BCUT2D eigenvalue weighted by molar-refractivity contribution is 0.0965. The molecular weight excluding hydrogens is 221 g/mol. The fourth-order valence-electron chi connectivity index (χ4n) is 2.24. The van der Waals surface area contributed by atoms with E-state index in [-0.39, 0.29) is 5.91 Å². The van der Waals surface area contributed by atoms with Crippen LogP contribution in [0.5, 0.6) is 0 Å². The molecule has 0 radical (unpaired) electrons. The van der Waals surface area contributed by atoms with Gasteiger partial charge in [-0.3, -0.25) is 9.36 Å². The summed E-state index contributed by atoms with van der Waals surface area (Å²) >= 11 is 0. The van der Waals surface area contributed by atoms with E-state index in [1.54, 1.807) is 4.57 Å². The first kappa shape index (κ1) is 10.8. The third-order valence-corrected chi connectivity index (χ3v) is 3.15. The third kappa shape index (κ3) is 1.63. The van der Waals surface area contributed by atoms with Crippen LogP contribution in [0.25, 0.3) is 10.9 Å². The molecule has 0 atom stereocenters. The van der Waals surface area contributed by atoms with Crippen LogP contribution in [0.15, 0.2) is 60.8 Å². The third-order valence-electron chi connectivity index (χ3n) is 3.15. The molecule has 0 spiro atoms. The van der Waals surface area contributed by atoms with Crippen LogP contribution in [-0.4, -0.2) is 10.5 Å². The number of aromatic nitrogens is 1. The minimum absolute atomic E-state index is 0.0138. The first-order valence-electron chi connectivity index (χ1n) is 5.94. The van der Waals surface area contributed by atoms with Gasteiger partial charge in [0.2, 0.25) is 0 Å². The summed E-state index contributed by atoms with van der Waals surface area (Å²) in [7, 11) is 0. The molecule has 1 aromatic heterocycles. The average molecular weight is 234 g/mol. The van der Waals surface area contributed by atoms with E-state index in [0.717, 1.165) is 16.5 Å². The van der Waals surface area contributed by atoms with E-state index < -0.39 is 0 Å². The number of fused-ring (bicyclic) bond motifs is 1. The van der Waals surface area contributed by atoms with E-state index in [0.29, 0.717) is 5.56 Å². The van der Waals surface area contributed by atoms with Crippen molar-refractivity contribution in [3.05, 3.63) is 71.9 Å². The van der Waals surface area contributed by atoms with Crippen LogP contribution in [-0.2, 0) is 0 Å². The number of carbonyl (C=O) groups is 1. The van der Waals surface area contributed by atoms with E-state index in [1.807, 2.05) is 67.7 Å². The second-order valence-corrected chi connectivity index (χ2v) is 4.37. The number of rotatable bonds is 1. The summed E-state index contributed by atoms with van der Waals surface area (Å²) in [5, 5.41) is 1.13. The SMILES string of the molecule is Cc1cn([11C](=O)c2ccccc2)c2ccccc12. The second kappa shape index (κ2) is 4.15. The second-order valence-electron chi connectivity index (χ2n) is 4.37. The molecule has 0 saturated heterocycles. The monoisotopic (exact) mass is 234 g/mol. The highest BCUT2D eigenvalue weighted by atomic mass is 16.1. The summed E-state index contributed by atoms with van der Waals surface area (Å²) in [4.78, 5) is 12.4. The molecule has 2 heteroatoms. The van der Waals surface area contributed by atoms with Crippen LogP contribution in [0.3, 0.4) is 0 Å². The molecule has 0 bridgehead atoms. The fraction of sp³-hybridized carbons (Fsp3) is 0.0625. The highest BCUT2D eigenvalue weighted by Crippen LogP contribution is 2.21. The maximum Gasteiger partial charge on any atom is 0.262 e. The molecule has 88 valence electrons. The number of hydrogen-bond donors (Lipinski definition) is 0. The van der Waals surface area contributed by atoms with Gasteiger partial charge in [-0.2, -0.15) is 0 Å². The van der Waals surface area contributed by atoms with Gasteiger partial charge in [-0.1, -0.05) is 36.4 Å².